The van der Waals surface area contributed by atoms with Crippen LogP contribution in [0.3, 0.4) is 0 Å². The molecule has 7 heteroatoms. The fourth-order valence-electron chi connectivity index (χ4n) is 3.07. The molecule has 1 aliphatic heterocycles. The van der Waals surface area contributed by atoms with Crippen LogP contribution in [0.1, 0.15) is 36.2 Å². The van der Waals surface area contributed by atoms with Gasteiger partial charge < -0.3 is 20.3 Å². The van der Waals surface area contributed by atoms with Gasteiger partial charge in [0.1, 0.15) is 11.5 Å². The summed E-state index contributed by atoms with van der Waals surface area (Å²) in [4.78, 5) is 23.2. The number of nitrogens with zero attached hydrogens (tertiary/aromatic N) is 3. The zero-order valence-corrected chi connectivity index (χ0v) is 15.8. The Kier molecular flexibility index (Phi) is 6.98. The Balaban J connectivity index is 1.52. The minimum Gasteiger partial charge on any atom is -0.385 e. The van der Waals surface area contributed by atoms with Crippen LogP contribution in [0.5, 0.6) is 0 Å². The third-order valence-corrected chi connectivity index (χ3v) is 4.56. The molecule has 0 atom stereocenters. The molecule has 0 bridgehead atoms. The molecule has 2 N–H and O–H groups in total. The minimum absolute atomic E-state index is 0.265. The number of anilines is 3. The summed E-state index contributed by atoms with van der Waals surface area (Å²) in [6, 6.07) is 7.97. The van der Waals surface area contributed by atoms with Crippen molar-refractivity contribution in [3.05, 3.63) is 42.4 Å². The van der Waals surface area contributed by atoms with Crippen LogP contribution in [-0.2, 0) is 4.74 Å². The van der Waals surface area contributed by atoms with Crippen molar-refractivity contribution in [1.82, 2.24) is 9.97 Å². The fraction of sp³-hybridized carbons (Fsp3) is 0.450. The molecule has 27 heavy (non-hydrogen) atoms. The smallest absolute Gasteiger partial charge is 0.275 e. The number of ether oxygens (including phenoxy) is 1. The average molecular weight is 369 g/mol. The summed E-state index contributed by atoms with van der Waals surface area (Å²) in [5, 5.41) is 6.01. The molecule has 0 spiro atoms. The van der Waals surface area contributed by atoms with E-state index in [1.807, 2.05) is 12.1 Å². The summed E-state index contributed by atoms with van der Waals surface area (Å²) < 4.78 is 5.00. The normalized spacial score (nSPS) is 14.0. The van der Waals surface area contributed by atoms with Crippen molar-refractivity contribution in [2.75, 3.05) is 48.9 Å². The first kappa shape index (κ1) is 19.1. The zero-order valence-electron chi connectivity index (χ0n) is 15.8. The Labute approximate surface area is 160 Å². The molecular weight excluding hydrogens is 342 g/mol. The van der Waals surface area contributed by atoms with E-state index in [1.54, 1.807) is 13.3 Å². The summed E-state index contributed by atoms with van der Waals surface area (Å²) in [6.07, 6.45) is 7.74. The highest BCUT2D eigenvalue weighted by Gasteiger charge is 2.12. The number of nitrogens with one attached hydrogen (secondary N) is 2. The minimum atomic E-state index is -0.265. The Morgan fingerprint density at radius 1 is 1.11 bits per heavy atom. The van der Waals surface area contributed by atoms with Gasteiger partial charge in [-0.25, -0.2) is 9.97 Å². The number of aromatic nitrogens is 2. The number of carbonyl (C=O) groups is 1. The van der Waals surface area contributed by atoms with E-state index < -0.39 is 0 Å². The first-order valence-electron chi connectivity index (χ1n) is 9.47. The summed E-state index contributed by atoms with van der Waals surface area (Å²) in [6.45, 7) is 3.65. The third-order valence-electron chi connectivity index (χ3n) is 4.56. The van der Waals surface area contributed by atoms with Crippen molar-refractivity contribution in [2.24, 2.45) is 0 Å². The second-order valence-corrected chi connectivity index (χ2v) is 6.61. The first-order valence-corrected chi connectivity index (χ1v) is 9.47. The Morgan fingerprint density at radius 2 is 1.89 bits per heavy atom. The van der Waals surface area contributed by atoms with Crippen molar-refractivity contribution in [3.8, 4) is 0 Å². The largest absolute Gasteiger partial charge is 0.385 e. The zero-order chi connectivity index (χ0) is 18.9. The third kappa shape index (κ3) is 5.65. The number of hydrogen-bond donors (Lipinski definition) is 2. The predicted octanol–water partition coefficient (Wildman–Crippen LogP) is 3.17. The van der Waals surface area contributed by atoms with Crippen molar-refractivity contribution >= 4 is 23.1 Å². The van der Waals surface area contributed by atoms with E-state index in [-0.39, 0.29) is 11.6 Å². The maximum Gasteiger partial charge on any atom is 0.275 e. The molecule has 0 unspecified atom stereocenters. The maximum absolute atomic E-state index is 12.4. The summed E-state index contributed by atoms with van der Waals surface area (Å²) >= 11 is 0. The van der Waals surface area contributed by atoms with Crippen LogP contribution in [0.15, 0.2) is 36.7 Å². The van der Waals surface area contributed by atoms with Gasteiger partial charge in [-0.3, -0.25) is 4.79 Å². The number of methoxy groups -OCH3 is 1. The second-order valence-electron chi connectivity index (χ2n) is 6.61. The lowest BCUT2D eigenvalue weighted by Gasteiger charge is -2.28. The van der Waals surface area contributed by atoms with Crippen molar-refractivity contribution < 1.29 is 9.53 Å². The standard InChI is InChI=1S/C20H27N5O2/c1-27-13-5-10-21-19-15-22-18(14-23-19)20(26)24-16-6-8-17(9-7-16)25-11-3-2-4-12-25/h6-9,14-15H,2-5,10-13H2,1H3,(H,21,23)(H,24,26). The quantitative estimate of drug-likeness (QED) is 0.696. The lowest BCUT2D eigenvalue weighted by Crippen LogP contribution is -2.29. The molecule has 0 aliphatic carbocycles. The molecule has 1 fully saturated rings. The molecule has 3 rings (SSSR count). The van der Waals surface area contributed by atoms with Crippen molar-refractivity contribution in [3.63, 3.8) is 0 Å². The summed E-state index contributed by atoms with van der Waals surface area (Å²) in [5.74, 6) is 0.382. The lowest BCUT2D eigenvalue weighted by atomic mass is 10.1. The molecule has 7 nitrogen and oxygen atoms in total. The molecule has 1 amide bonds. The van der Waals surface area contributed by atoms with Gasteiger partial charge in [0.05, 0.1) is 12.4 Å². The summed E-state index contributed by atoms with van der Waals surface area (Å²) in [5.41, 5.74) is 2.25. The first-order chi connectivity index (χ1) is 13.3. The maximum atomic E-state index is 12.4. The Hall–Kier alpha value is -2.67. The molecule has 2 heterocycles. The van der Waals surface area contributed by atoms with Crippen LogP contribution in [0.2, 0.25) is 0 Å². The van der Waals surface area contributed by atoms with Gasteiger partial charge in [0.2, 0.25) is 0 Å². The van der Waals surface area contributed by atoms with Gasteiger partial charge in [-0.15, -0.1) is 0 Å². The molecule has 1 aromatic heterocycles. The van der Waals surface area contributed by atoms with Gasteiger partial charge >= 0.3 is 0 Å². The van der Waals surface area contributed by atoms with Crippen molar-refractivity contribution in [2.45, 2.75) is 25.7 Å². The lowest BCUT2D eigenvalue weighted by molar-refractivity contribution is 0.102. The van der Waals surface area contributed by atoms with Gasteiger partial charge in [-0.1, -0.05) is 0 Å². The molecule has 1 saturated heterocycles. The molecule has 144 valence electrons. The van der Waals surface area contributed by atoms with Crippen LogP contribution >= 0.6 is 0 Å². The number of rotatable bonds is 8. The average Bonchev–Trinajstić information content (AvgIpc) is 2.73. The predicted molar refractivity (Wildman–Crippen MR) is 107 cm³/mol. The fourth-order valence-corrected chi connectivity index (χ4v) is 3.07. The molecule has 1 aliphatic rings. The van der Waals surface area contributed by atoms with Gasteiger partial charge in [-0.05, 0) is 49.9 Å². The van der Waals surface area contributed by atoms with Crippen LogP contribution < -0.4 is 15.5 Å². The highest BCUT2D eigenvalue weighted by Crippen LogP contribution is 2.22. The number of piperidine rings is 1. The molecule has 1 aromatic carbocycles. The molecule has 0 saturated carbocycles. The van der Waals surface area contributed by atoms with E-state index in [0.29, 0.717) is 12.4 Å². The van der Waals surface area contributed by atoms with Gasteiger partial charge in [0.15, 0.2) is 0 Å². The monoisotopic (exact) mass is 369 g/mol. The van der Waals surface area contributed by atoms with Crippen LogP contribution in [-0.4, -0.2) is 49.2 Å². The van der Waals surface area contributed by atoms with Gasteiger partial charge in [0, 0.05) is 44.7 Å². The van der Waals surface area contributed by atoms with Gasteiger partial charge in [-0.2, -0.15) is 0 Å². The highest BCUT2D eigenvalue weighted by atomic mass is 16.5. The SMILES string of the molecule is COCCCNc1cnc(C(=O)Nc2ccc(N3CCCCC3)cc2)cn1. The van der Waals surface area contributed by atoms with Crippen LogP contribution in [0.25, 0.3) is 0 Å². The highest BCUT2D eigenvalue weighted by molar-refractivity contribution is 6.02. The number of carbonyl (C=O) groups excluding carboxylic acids is 1. The van der Waals surface area contributed by atoms with E-state index in [0.717, 1.165) is 31.7 Å². The second kappa shape index (κ2) is 9.87. The number of amides is 1. The number of benzene rings is 1. The van der Waals surface area contributed by atoms with Crippen LogP contribution in [0.4, 0.5) is 17.2 Å². The number of hydrogen-bond acceptors (Lipinski definition) is 6. The molecular formula is C20H27N5O2. The molecule has 2 aromatic rings. The molecule has 0 radical (unpaired) electrons. The van der Waals surface area contributed by atoms with E-state index in [4.69, 9.17) is 4.74 Å². The van der Waals surface area contributed by atoms with E-state index in [9.17, 15) is 4.79 Å². The van der Waals surface area contributed by atoms with E-state index in [2.05, 4.69) is 37.6 Å². The van der Waals surface area contributed by atoms with Crippen LogP contribution in [0, 0.1) is 0 Å². The van der Waals surface area contributed by atoms with Crippen molar-refractivity contribution in [1.29, 1.82) is 0 Å². The van der Waals surface area contributed by atoms with E-state index in [1.165, 1.54) is 31.1 Å². The summed E-state index contributed by atoms with van der Waals surface area (Å²) in [7, 11) is 1.68. The van der Waals surface area contributed by atoms with Gasteiger partial charge in [0.25, 0.3) is 5.91 Å². The van der Waals surface area contributed by atoms with E-state index >= 15 is 0 Å². The topological polar surface area (TPSA) is 79.4 Å². The Bertz CT molecular complexity index is 712. The Morgan fingerprint density at radius 3 is 2.56 bits per heavy atom.